The van der Waals surface area contributed by atoms with E-state index in [1.807, 2.05) is 4.90 Å². The van der Waals surface area contributed by atoms with Crippen LogP contribution >= 0.6 is 0 Å². The summed E-state index contributed by atoms with van der Waals surface area (Å²) in [6.45, 7) is 5.54. The maximum atomic E-state index is 12.9. The molecule has 128 valence electrons. The third kappa shape index (κ3) is 4.10. The summed E-state index contributed by atoms with van der Waals surface area (Å²) in [5.41, 5.74) is -0.874. The highest BCUT2D eigenvalue weighted by atomic mass is 32.2. The molecule has 0 spiro atoms. The lowest BCUT2D eigenvalue weighted by molar-refractivity contribution is 0.141. The number of piperazine rings is 1. The van der Waals surface area contributed by atoms with Crippen molar-refractivity contribution in [2.75, 3.05) is 51.7 Å². The minimum absolute atomic E-state index is 0.0126. The van der Waals surface area contributed by atoms with Gasteiger partial charge in [-0.15, -0.1) is 0 Å². The fourth-order valence-corrected chi connectivity index (χ4v) is 4.86. The van der Waals surface area contributed by atoms with Gasteiger partial charge in [0.15, 0.2) is 0 Å². The summed E-state index contributed by atoms with van der Waals surface area (Å²) in [6.07, 6.45) is 2.08. The maximum Gasteiger partial charge on any atom is 0.320 e. The van der Waals surface area contributed by atoms with Crippen LogP contribution in [0.4, 0.5) is 9.18 Å². The molecule has 0 bridgehead atoms. The summed E-state index contributed by atoms with van der Waals surface area (Å²) >= 11 is 0. The molecule has 2 aliphatic rings. The quantitative estimate of drug-likeness (QED) is 0.774. The second kappa shape index (κ2) is 6.70. The van der Waals surface area contributed by atoms with Gasteiger partial charge >= 0.3 is 6.03 Å². The van der Waals surface area contributed by atoms with Gasteiger partial charge in [-0.1, -0.05) is 13.8 Å². The zero-order valence-electron chi connectivity index (χ0n) is 13.4. The lowest BCUT2D eigenvalue weighted by Gasteiger charge is -2.37. The van der Waals surface area contributed by atoms with Gasteiger partial charge in [-0.05, 0) is 12.8 Å². The third-order valence-corrected chi connectivity index (χ3v) is 6.51. The number of carbonyl (C=O) groups is 1. The van der Waals surface area contributed by atoms with Crippen molar-refractivity contribution < 1.29 is 17.6 Å². The number of carbonyl (C=O) groups excluding carboxylic acids is 1. The fourth-order valence-electron chi connectivity index (χ4n) is 2.89. The van der Waals surface area contributed by atoms with E-state index >= 15 is 0 Å². The molecular weight excluding hydrogens is 309 g/mol. The summed E-state index contributed by atoms with van der Waals surface area (Å²) < 4.78 is 38.9. The van der Waals surface area contributed by atoms with E-state index in [-0.39, 0.29) is 11.8 Å². The van der Waals surface area contributed by atoms with Crippen molar-refractivity contribution in [2.45, 2.75) is 26.7 Å². The Hall–Kier alpha value is -0.890. The number of hydrogen-bond donors (Lipinski definition) is 0. The molecule has 0 radical (unpaired) electrons. The van der Waals surface area contributed by atoms with Crippen LogP contribution in [0.25, 0.3) is 0 Å². The predicted molar refractivity (Wildman–Crippen MR) is 82.9 cm³/mol. The van der Waals surface area contributed by atoms with E-state index in [2.05, 4.69) is 0 Å². The summed E-state index contributed by atoms with van der Waals surface area (Å²) in [4.78, 5) is 15.8. The Balaban J connectivity index is 1.90. The van der Waals surface area contributed by atoms with Gasteiger partial charge in [-0.3, -0.25) is 4.39 Å². The second-order valence-electron chi connectivity index (χ2n) is 6.92. The van der Waals surface area contributed by atoms with Crippen LogP contribution in [-0.2, 0) is 10.0 Å². The van der Waals surface area contributed by atoms with Crippen LogP contribution in [-0.4, -0.2) is 80.2 Å². The molecule has 0 unspecified atom stereocenters. The Labute approximate surface area is 132 Å². The molecule has 8 heteroatoms. The molecule has 22 heavy (non-hydrogen) atoms. The van der Waals surface area contributed by atoms with Gasteiger partial charge in [-0.25, -0.2) is 13.2 Å². The van der Waals surface area contributed by atoms with E-state index in [1.165, 1.54) is 4.31 Å². The Bertz CT molecular complexity index is 495. The van der Waals surface area contributed by atoms with E-state index in [0.717, 1.165) is 25.9 Å². The number of alkyl halides is 1. The van der Waals surface area contributed by atoms with Crippen molar-refractivity contribution >= 4 is 16.1 Å². The van der Waals surface area contributed by atoms with Crippen LogP contribution in [0.5, 0.6) is 0 Å². The van der Waals surface area contributed by atoms with Gasteiger partial charge in [0.05, 0.1) is 12.4 Å². The van der Waals surface area contributed by atoms with Gasteiger partial charge in [0.25, 0.3) is 0 Å². The van der Waals surface area contributed by atoms with Crippen LogP contribution in [0.1, 0.15) is 26.7 Å². The smallest absolute Gasteiger partial charge is 0.320 e. The summed E-state index contributed by atoms with van der Waals surface area (Å²) in [6, 6.07) is 0.0126. The predicted octanol–water partition coefficient (Wildman–Crippen LogP) is 1.15. The lowest BCUT2D eigenvalue weighted by atomic mass is 9.99. The molecule has 0 aromatic heterocycles. The number of hydrogen-bond acceptors (Lipinski definition) is 3. The lowest BCUT2D eigenvalue weighted by Crippen LogP contribution is -2.54. The largest absolute Gasteiger partial charge is 0.325 e. The highest BCUT2D eigenvalue weighted by Gasteiger charge is 2.34. The van der Waals surface area contributed by atoms with Gasteiger partial charge in [0, 0.05) is 44.7 Å². The molecule has 0 aromatic rings. The minimum atomic E-state index is -3.48. The van der Waals surface area contributed by atoms with E-state index in [9.17, 15) is 17.6 Å². The number of urea groups is 1. The average Bonchev–Trinajstić information content (AvgIpc) is 3.00. The summed E-state index contributed by atoms with van der Waals surface area (Å²) in [5.74, 6) is -0.198. The van der Waals surface area contributed by atoms with Gasteiger partial charge in [-0.2, -0.15) is 4.31 Å². The van der Waals surface area contributed by atoms with Gasteiger partial charge in [0.2, 0.25) is 10.0 Å². The Morgan fingerprint density at radius 2 is 1.50 bits per heavy atom. The van der Waals surface area contributed by atoms with Crippen molar-refractivity contribution in [3.05, 3.63) is 0 Å². The standard InChI is InChI=1S/C14H26FN3O3S/c1-14(2,11-15)12-22(20,21)18-9-7-17(8-10-18)13(19)16-5-3-4-6-16/h3-12H2,1-2H3. The fraction of sp³-hybridized carbons (Fsp3) is 0.929. The SMILES string of the molecule is CC(C)(CF)CS(=O)(=O)N1CCN(C(=O)N2CCCC2)CC1. The molecule has 2 fully saturated rings. The Morgan fingerprint density at radius 1 is 1.00 bits per heavy atom. The molecule has 2 saturated heterocycles. The van der Waals surface area contributed by atoms with Crippen LogP contribution in [0.3, 0.4) is 0 Å². The Morgan fingerprint density at radius 3 is 2.00 bits per heavy atom. The maximum absolute atomic E-state index is 12.9. The van der Waals surface area contributed by atoms with E-state index in [0.29, 0.717) is 26.2 Å². The first-order chi connectivity index (χ1) is 10.2. The molecule has 0 N–H and O–H groups in total. The number of nitrogens with zero attached hydrogens (tertiary/aromatic N) is 3. The summed E-state index contributed by atoms with van der Waals surface area (Å²) in [5, 5.41) is 0. The molecule has 2 rings (SSSR count). The van der Waals surface area contributed by atoms with Crippen LogP contribution < -0.4 is 0 Å². The molecule has 2 aliphatic heterocycles. The zero-order chi connectivity index (χ0) is 16.4. The van der Waals surface area contributed by atoms with Crippen molar-refractivity contribution in [3.63, 3.8) is 0 Å². The van der Waals surface area contributed by atoms with Crippen molar-refractivity contribution in [2.24, 2.45) is 5.41 Å². The number of sulfonamides is 1. The van der Waals surface area contributed by atoms with Gasteiger partial charge in [0.1, 0.15) is 0 Å². The van der Waals surface area contributed by atoms with Gasteiger partial charge < -0.3 is 9.80 Å². The molecule has 2 amide bonds. The average molecular weight is 335 g/mol. The molecule has 2 heterocycles. The first kappa shape index (κ1) is 17.5. The number of likely N-dealkylation sites (tertiary alicyclic amines) is 1. The van der Waals surface area contributed by atoms with Crippen molar-refractivity contribution in [1.82, 2.24) is 14.1 Å². The molecule has 0 atom stereocenters. The molecule has 0 saturated carbocycles. The van der Waals surface area contributed by atoms with Crippen LogP contribution in [0, 0.1) is 5.41 Å². The Kier molecular flexibility index (Phi) is 5.32. The molecular formula is C14H26FN3O3S. The van der Waals surface area contributed by atoms with E-state index < -0.39 is 22.1 Å². The minimum Gasteiger partial charge on any atom is -0.325 e. The highest BCUT2D eigenvalue weighted by Crippen LogP contribution is 2.22. The third-order valence-electron chi connectivity index (χ3n) is 4.21. The highest BCUT2D eigenvalue weighted by molar-refractivity contribution is 7.89. The molecule has 0 aromatic carbocycles. The monoisotopic (exact) mass is 335 g/mol. The van der Waals surface area contributed by atoms with Crippen LogP contribution in [0.2, 0.25) is 0 Å². The number of amides is 2. The summed E-state index contributed by atoms with van der Waals surface area (Å²) in [7, 11) is -3.48. The molecule has 6 nitrogen and oxygen atoms in total. The first-order valence-electron chi connectivity index (χ1n) is 7.83. The first-order valence-corrected chi connectivity index (χ1v) is 9.44. The zero-order valence-corrected chi connectivity index (χ0v) is 14.2. The van der Waals surface area contributed by atoms with E-state index in [4.69, 9.17) is 0 Å². The second-order valence-corrected chi connectivity index (χ2v) is 8.89. The van der Waals surface area contributed by atoms with Crippen molar-refractivity contribution in [1.29, 1.82) is 0 Å². The van der Waals surface area contributed by atoms with Crippen LogP contribution in [0.15, 0.2) is 0 Å². The molecule has 0 aliphatic carbocycles. The topological polar surface area (TPSA) is 60.9 Å². The number of rotatable bonds is 4. The normalized spacial score (nSPS) is 21.4. The van der Waals surface area contributed by atoms with E-state index in [1.54, 1.807) is 18.7 Å². The number of halogens is 1. The van der Waals surface area contributed by atoms with Crippen molar-refractivity contribution in [3.8, 4) is 0 Å².